The van der Waals surface area contributed by atoms with Crippen LogP contribution >= 0.6 is 0 Å². The van der Waals surface area contributed by atoms with Crippen LogP contribution in [0.4, 0.5) is 9.18 Å². The van der Waals surface area contributed by atoms with Gasteiger partial charge in [0.25, 0.3) is 0 Å². The Bertz CT molecular complexity index is 1120. The molecule has 2 aliphatic heterocycles. The molecule has 1 aromatic heterocycles. The van der Waals surface area contributed by atoms with E-state index in [1.807, 2.05) is 37.3 Å². The van der Waals surface area contributed by atoms with E-state index in [0.717, 1.165) is 16.8 Å². The molecular weight excluding hydrogens is 411 g/mol. The van der Waals surface area contributed by atoms with Crippen molar-refractivity contribution in [3.05, 3.63) is 60.2 Å². The molecule has 0 bridgehead atoms. The van der Waals surface area contributed by atoms with Gasteiger partial charge < -0.3 is 14.8 Å². The minimum atomic E-state index is -1.31. The van der Waals surface area contributed by atoms with Gasteiger partial charge in [0.05, 0.1) is 5.69 Å². The second-order valence-corrected chi connectivity index (χ2v) is 9.17. The highest BCUT2D eigenvalue weighted by atomic mass is 19.1. The smallest absolute Gasteiger partial charge is 0.409 e. The zero-order valence-corrected chi connectivity index (χ0v) is 18.2. The number of cyclic esters (lactones) is 1. The van der Waals surface area contributed by atoms with Crippen LogP contribution in [0.1, 0.15) is 32.9 Å². The molecule has 1 aliphatic carbocycles. The number of alkyl carbamates (subject to hydrolysis) is 1. The summed E-state index contributed by atoms with van der Waals surface area (Å²) in [5, 5.41) is 2.96. The minimum absolute atomic E-state index is 0.145. The van der Waals surface area contributed by atoms with Gasteiger partial charge in [-0.2, -0.15) is 0 Å². The molecule has 1 amide bonds. The van der Waals surface area contributed by atoms with Crippen molar-refractivity contribution in [3.63, 3.8) is 0 Å². The van der Waals surface area contributed by atoms with Gasteiger partial charge in [-0.25, -0.2) is 14.0 Å². The van der Waals surface area contributed by atoms with Crippen LogP contribution in [-0.4, -0.2) is 34.3 Å². The van der Waals surface area contributed by atoms with E-state index in [4.69, 9.17) is 9.47 Å². The van der Waals surface area contributed by atoms with E-state index in [1.54, 1.807) is 12.3 Å². The number of esters is 1. The van der Waals surface area contributed by atoms with Gasteiger partial charge in [0.15, 0.2) is 0 Å². The lowest BCUT2D eigenvalue weighted by Gasteiger charge is -2.49. The molecule has 2 aromatic rings. The third-order valence-corrected chi connectivity index (χ3v) is 7.52. The van der Waals surface area contributed by atoms with Crippen LogP contribution in [0, 0.1) is 23.6 Å². The van der Waals surface area contributed by atoms with Crippen molar-refractivity contribution in [1.29, 1.82) is 0 Å². The fourth-order valence-electron chi connectivity index (χ4n) is 5.72. The molecule has 1 N–H and O–H groups in total. The maximum atomic E-state index is 13.5. The van der Waals surface area contributed by atoms with Gasteiger partial charge in [-0.1, -0.05) is 38.1 Å². The largest absolute Gasteiger partial charge is 0.457 e. The van der Waals surface area contributed by atoms with E-state index in [-0.39, 0.29) is 23.6 Å². The van der Waals surface area contributed by atoms with E-state index in [0.29, 0.717) is 6.42 Å². The topological polar surface area (TPSA) is 77.5 Å². The van der Waals surface area contributed by atoms with Crippen LogP contribution in [0.15, 0.2) is 48.7 Å². The molecule has 0 spiro atoms. The molecule has 6 atom stereocenters. The first-order valence-electron chi connectivity index (χ1n) is 10.9. The lowest BCUT2D eigenvalue weighted by atomic mass is 9.55. The predicted octanol–water partition coefficient (Wildman–Crippen LogP) is 4.36. The molecule has 0 radical (unpaired) electrons. The molecule has 5 rings (SSSR count). The predicted molar refractivity (Wildman–Crippen MR) is 116 cm³/mol. The molecular formula is C25H25FN2O4. The van der Waals surface area contributed by atoms with Gasteiger partial charge in [0.1, 0.15) is 17.5 Å². The molecule has 3 heterocycles. The Hall–Kier alpha value is -3.22. The summed E-state index contributed by atoms with van der Waals surface area (Å²) >= 11 is 0. The first kappa shape index (κ1) is 20.7. The molecule has 1 saturated carbocycles. The van der Waals surface area contributed by atoms with Gasteiger partial charge in [0, 0.05) is 24.1 Å². The summed E-state index contributed by atoms with van der Waals surface area (Å²) in [6.45, 7) is 6.00. The summed E-state index contributed by atoms with van der Waals surface area (Å²) in [5.41, 5.74) is 0.0386. The summed E-state index contributed by atoms with van der Waals surface area (Å²) in [6, 6.07) is 10.1. The van der Waals surface area contributed by atoms with Crippen LogP contribution in [0.2, 0.25) is 0 Å². The molecule has 7 heteroatoms. The third-order valence-electron chi connectivity index (χ3n) is 7.52. The van der Waals surface area contributed by atoms with E-state index in [2.05, 4.69) is 24.1 Å². The summed E-state index contributed by atoms with van der Waals surface area (Å²) in [6.07, 6.45) is 4.94. The SMILES string of the molecule is C[C@@H]1[C@@H](C)C[C@]23OC(=O)N[C@]2([C@@H](C)OC3=O)[C@H]1/C=C/c1ccc(-c2cccc(F)c2)cn1. The lowest BCUT2D eigenvalue weighted by molar-refractivity contribution is -0.157. The van der Waals surface area contributed by atoms with E-state index in [9.17, 15) is 14.0 Å². The zero-order valence-electron chi connectivity index (χ0n) is 18.2. The highest BCUT2D eigenvalue weighted by molar-refractivity contribution is 5.92. The number of carbonyl (C=O) groups is 2. The molecule has 1 aromatic carbocycles. The molecule has 0 unspecified atom stereocenters. The fraction of sp³-hybridized carbons (Fsp3) is 0.400. The maximum Gasteiger partial charge on any atom is 0.409 e. The normalized spacial score (nSPS) is 35.8. The standard InChI is InChI=1S/C25H25FN2O4/c1-14-12-24-22(29)31-16(3)25(24,28-23(30)32-24)21(15(14)2)10-9-20-8-7-18(13-27-20)17-5-4-6-19(26)11-17/h4-11,13-16,21H,12H2,1-3H3,(H,28,30)/b10-9+/t14-,15+,16+,21-,24+,25+/m0/s1. The fourth-order valence-corrected chi connectivity index (χ4v) is 5.72. The number of benzene rings is 1. The molecule has 166 valence electrons. The third kappa shape index (κ3) is 2.80. The number of nitrogens with one attached hydrogen (secondary N) is 1. The summed E-state index contributed by atoms with van der Waals surface area (Å²) in [4.78, 5) is 29.7. The van der Waals surface area contributed by atoms with Crippen LogP contribution < -0.4 is 5.32 Å². The number of nitrogens with zero attached hydrogens (tertiary/aromatic N) is 1. The van der Waals surface area contributed by atoms with Crippen molar-refractivity contribution >= 4 is 18.1 Å². The number of rotatable bonds is 3. The quantitative estimate of drug-likeness (QED) is 0.724. The first-order valence-corrected chi connectivity index (χ1v) is 10.9. The number of pyridine rings is 1. The van der Waals surface area contributed by atoms with Crippen LogP contribution in [0.25, 0.3) is 17.2 Å². The Kier molecular flexibility index (Phi) is 4.62. The van der Waals surface area contributed by atoms with Gasteiger partial charge in [0.2, 0.25) is 5.60 Å². The van der Waals surface area contributed by atoms with Gasteiger partial charge in [-0.15, -0.1) is 0 Å². The zero-order chi connectivity index (χ0) is 22.7. The van der Waals surface area contributed by atoms with Crippen molar-refractivity contribution in [2.24, 2.45) is 17.8 Å². The molecule has 2 saturated heterocycles. The van der Waals surface area contributed by atoms with Crippen molar-refractivity contribution in [2.75, 3.05) is 0 Å². The van der Waals surface area contributed by atoms with Crippen LogP contribution in [0.3, 0.4) is 0 Å². The number of aromatic nitrogens is 1. The monoisotopic (exact) mass is 436 g/mol. The minimum Gasteiger partial charge on any atom is -0.457 e. The van der Waals surface area contributed by atoms with Gasteiger partial charge >= 0.3 is 12.1 Å². The second kappa shape index (κ2) is 7.15. The van der Waals surface area contributed by atoms with Crippen molar-refractivity contribution in [2.45, 2.75) is 44.4 Å². The van der Waals surface area contributed by atoms with Gasteiger partial charge in [-0.05, 0) is 48.6 Å². The van der Waals surface area contributed by atoms with Crippen LogP contribution in [0.5, 0.6) is 0 Å². The number of amides is 1. The maximum absolute atomic E-state index is 13.5. The number of hydrogen-bond donors (Lipinski definition) is 1. The van der Waals surface area contributed by atoms with Crippen LogP contribution in [-0.2, 0) is 14.3 Å². The Balaban J connectivity index is 1.48. The lowest BCUT2D eigenvalue weighted by Crippen LogP contribution is -2.69. The van der Waals surface area contributed by atoms with Gasteiger partial charge in [-0.3, -0.25) is 4.98 Å². The van der Waals surface area contributed by atoms with Crippen molar-refractivity contribution in [1.82, 2.24) is 10.3 Å². The molecule has 32 heavy (non-hydrogen) atoms. The van der Waals surface area contributed by atoms with Crippen molar-refractivity contribution < 1.29 is 23.5 Å². The number of ether oxygens (including phenoxy) is 2. The Morgan fingerprint density at radius 2 is 1.97 bits per heavy atom. The molecule has 3 aliphatic rings. The summed E-state index contributed by atoms with van der Waals surface area (Å²) < 4.78 is 24.7. The highest BCUT2D eigenvalue weighted by Crippen LogP contribution is 2.58. The second-order valence-electron chi connectivity index (χ2n) is 9.17. The number of halogens is 1. The number of carbonyl (C=O) groups excluding carboxylic acids is 2. The van der Waals surface area contributed by atoms with E-state index >= 15 is 0 Å². The summed E-state index contributed by atoms with van der Waals surface area (Å²) in [7, 11) is 0. The molecule has 3 fully saturated rings. The average Bonchev–Trinajstić information content (AvgIpc) is 3.17. The van der Waals surface area contributed by atoms with Crippen molar-refractivity contribution in [3.8, 4) is 11.1 Å². The van der Waals surface area contributed by atoms with E-state index in [1.165, 1.54) is 12.1 Å². The summed E-state index contributed by atoms with van der Waals surface area (Å²) in [5.74, 6) is -0.642. The van der Waals surface area contributed by atoms with E-state index < -0.39 is 29.3 Å². The highest BCUT2D eigenvalue weighted by Gasteiger charge is 2.78. The Morgan fingerprint density at radius 3 is 2.69 bits per heavy atom. The number of hydrogen-bond acceptors (Lipinski definition) is 5. The average molecular weight is 436 g/mol. The molecule has 6 nitrogen and oxygen atoms in total. The Labute approximate surface area is 185 Å². The first-order chi connectivity index (χ1) is 15.3. The Morgan fingerprint density at radius 1 is 1.16 bits per heavy atom.